The van der Waals surface area contributed by atoms with Gasteiger partial charge in [-0.15, -0.1) is 0 Å². The van der Waals surface area contributed by atoms with Gasteiger partial charge >= 0.3 is 0 Å². The van der Waals surface area contributed by atoms with Gasteiger partial charge < -0.3 is 10.7 Å². The Balaban J connectivity index is 2.41. The number of benzene rings is 2. The van der Waals surface area contributed by atoms with Crippen molar-refractivity contribution < 1.29 is 0 Å². The molecule has 0 radical (unpaired) electrons. The van der Waals surface area contributed by atoms with Crippen LogP contribution in [-0.2, 0) is 0 Å². The predicted molar refractivity (Wildman–Crippen MR) is 84.2 cm³/mol. The number of nitrogen functional groups attached to an aromatic ring is 1. The first-order valence-corrected chi connectivity index (χ1v) is 6.60. The third kappa shape index (κ3) is 1.88. The number of hydrogen-bond donors (Lipinski definition) is 3. The Morgan fingerprint density at radius 3 is 2.45 bits per heavy atom. The average Bonchev–Trinajstić information content (AvgIpc) is 2.79. The van der Waals surface area contributed by atoms with Crippen molar-refractivity contribution in [2.45, 2.75) is 13.8 Å². The molecule has 4 N–H and O–H groups in total. The van der Waals surface area contributed by atoms with Crippen molar-refractivity contribution in [2.24, 2.45) is 5.73 Å². The van der Waals surface area contributed by atoms with E-state index >= 15 is 0 Å². The number of hydrogen-bond acceptors (Lipinski definition) is 1. The van der Waals surface area contributed by atoms with Crippen LogP contribution in [0.3, 0.4) is 0 Å². The highest BCUT2D eigenvalue weighted by atomic mass is 14.8. The van der Waals surface area contributed by atoms with E-state index in [-0.39, 0.29) is 5.84 Å². The zero-order chi connectivity index (χ0) is 14.3. The van der Waals surface area contributed by atoms with E-state index in [4.69, 9.17) is 11.1 Å². The number of aryl methyl sites for hydroxylation is 2. The summed E-state index contributed by atoms with van der Waals surface area (Å²) in [5, 5.41) is 8.98. The normalized spacial score (nSPS) is 10.9. The SMILES string of the molecule is Cc1cc(C)c2c(C(=N)N)c(-c3ccccc3)[nH]c2c1. The largest absolute Gasteiger partial charge is 0.384 e. The Kier molecular flexibility index (Phi) is 2.83. The summed E-state index contributed by atoms with van der Waals surface area (Å²) in [7, 11) is 0. The standard InChI is InChI=1S/C17H17N3/c1-10-8-11(2)14-13(9-10)20-16(15(14)17(18)19)12-6-4-3-5-7-12/h3-9,20H,1-2H3,(H3,18,19). The molecule has 1 heterocycles. The lowest BCUT2D eigenvalue weighted by atomic mass is 10.0. The molecule has 3 heteroatoms. The maximum Gasteiger partial charge on any atom is 0.125 e. The number of H-pyrrole nitrogens is 1. The topological polar surface area (TPSA) is 65.7 Å². The molecule has 2 aromatic carbocycles. The van der Waals surface area contributed by atoms with Crippen LogP contribution in [0.4, 0.5) is 0 Å². The van der Waals surface area contributed by atoms with E-state index in [0.717, 1.165) is 33.3 Å². The Morgan fingerprint density at radius 2 is 1.80 bits per heavy atom. The molecule has 0 aliphatic carbocycles. The molecule has 0 atom stereocenters. The summed E-state index contributed by atoms with van der Waals surface area (Å²) in [5.41, 5.74) is 12.0. The molecule has 0 saturated heterocycles. The monoisotopic (exact) mass is 263 g/mol. The number of aromatic amines is 1. The van der Waals surface area contributed by atoms with Crippen molar-refractivity contribution in [1.29, 1.82) is 5.41 Å². The minimum Gasteiger partial charge on any atom is -0.384 e. The number of amidine groups is 1. The van der Waals surface area contributed by atoms with E-state index in [1.54, 1.807) is 0 Å². The Hall–Kier alpha value is -2.55. The Bertz CT molecular complexity index is 798. The molecular formula is C17H17N3. The van der Waals surface area contributed by atoms with Crippen LogP contribution in [0.1, 0.15) is 16.7 Å². The first-order chi connectivity index (χ1) is 9.58. The summed E-state index contributed by atoms with van der Waals surface area (Å²) in [6, 6.07) is 14.2. The summed E-state index contributed by atoms with van der Waals surface area (Å²) in [6.45, 7) is 4.13. The van der Waals surface area contributed by atoms with Crippen molar-refractivity contribution in [3.63, 3.8) is 0 Å². The van der Waals surface area contributed by atoms with Gasteiger partial charge in [-0.05, 0) is 36.6 Å². The summed E-state index contributed by atoms with van der Waals surface area (Å²) in [4.78, 5) is 3.42. The Labute approximate surface area is 117 Å². The highest BCUT2D eigenvalue weighted by Crippen LogP contribution is 2.32. The first kappa shape index (κ1) is 12.5. The number of fused-ring (bicyclic) bond motifs is 1. The minimum atomic E-state index is 0.0991. The van der Waals surface area contributed by atoms with Crippen molar-refractivity contribution in [3.8, 4) is 11.3 Å². The molecule has 0 aliphatic heterocycles. The fourth-order valence-electron chi connectivity index (χ4n) is 2.81. The maximum absolute atomic E-state index is 7.93. The molecule has 0 amide bonds. The molecule has 3 nitrogen and oxygen atoms in total. The van der Waals surface area contributed by atoms with Gasteiger partial charge in [-0.3, -0.25) is 5.41 Å². The molecule has 1 aromatic heterocycles. The minimum absolute atomic E-state index is 0.0991. The van der Waals surface area contributed by atoms with Crippen LogP contribution in [0.5, 0.6) is 0 Å². The molecule has 0 saturated carbocycles. The van der Waals surface area contributed by atoms with Gasteiger partial charge in [0, 0.05) is 16.5 Å². The lowest BCUT2D eigenvalue weighted by Crippen LogP contribution is -2.12. The van der Waals surface area contributed by atoms with Gasteiger partial charge in [0.25, 0.3) is 0 Å². The highest BCUT2D eigenvalue weighted by Gasteiger charge is 2.17. The molecule has 0 bridgehead atoms. The van der Waals surface area contributed by atoms with E-state index in [1.807, 2.05) is 30.3 Å². The first-order valence-electron chi connectivity index (χ1n) is 6.60. The number of rotatable bonds is 2. The van der Waals surface area contributed by atoms with Crippen molar-refractivity contribution in [3.05, 3.63) is 59.2 Å². The van der Waals surface area contributed by atoms with E-state index in [0.29, 0.717) is 0 Å². The summed E-state index contributed by atoms with van der Waals surface area (Å²) in [5.74, 6) is 0.0991. The molecule has 20 heavy (non-hydrogen) atoms. The van der Waals surface area contributed by atoms with E-state index < -0.39 is 0 Å². The molecule has 100 valence electrons. The number of nitrogens with one attached hydrogen (secondary N) is 2. The second kappa shape index (κ2) is 4.53. The van der Waals surface area contributed by atoms with E-state index in [1.165, 1.54) is 5.56 Å². The smallest absolute Gasteiger partial charge is 0.125 e. The van der Waals surface area contributed by atoms with Crippen LogP contribution in [0.2, 0.25) is 0 Å². The van der Waals surface area contributed by atoms with Crippen LogP contribution in [0, 0.1) is 19.3 Å². The number of nitrogens with two attached hydrogens (primary N) is 1. The lowest BCUT2D eigenvalue weighted by Gasteiger charge is -2.04. The molecule has 0 fully saturated rings. The predicted octanol–water partition coefficient (Wildman–Crippen LogP) is 3.74. The molecule has 0 unspecified atom stereocenters. The van der Waals surface area contributed by atoms with Crippen LogP contribution in [-0.4, -0.2) is 10.8 Å². The van der Waals surface area contributed by atoms with E-state index in [2.05, 4.69) is 31.0 Å². The lowest BCUT2D eigenvalue weighted by molar-refractivity contribution is 1.40. The summed E-state index contributed by atoms with van der Waals surface area (Å²) in [6.07, 6.45) is 0. The quantitative estimate of drug-likeness (QED) is 0.478. The average molecular weight is 263 g/mol. The van der Waals surface area contributed by atoms with Gasteiger partial charge in [0.1, 0.15) is 5.84 Å². The molecule has 3 aromatic rings. The van der Waals surface area contributed by atoms with Crippen LogP contribution >= 0.6 is 0 Å². The number of aromatic nitrogens is 1. The Morgan fingerprint density at radius 1 is 1.10 bits per heavy atom. The van der Waals surface area contributed by atoms with Gasteiger partial charge in [0.15, 0.2) is 0 Å². The molecular weight excluding hydrogens is 246 g/mol. The summed E-state index contributed by atoms with van der Waals surface area (Å²) < 4.78 is 0. The molecule has 3 rings (SSSR count). The second-order valence-corrected chi connectivity index (χ2v) is 5.16. The van der Waals surface area contributed by atoms with Crippen LogP contribution < -0.4 is 5.73 Å². The second-order valence-electron chi connectivity index (χ2n) is 5.16. The zero-order valence-corrected chi connectivity index (χ0v) is 11.6. The highest BCUT2D eigenvalue weighted by molar-refractivity contribution is 6.13. The van der Waals surface area contributed by atoms with Crippen molar-refractivity contribution in [2.75, 3.05) is 0 Å². The van der Waals surface area contributed by atoms with Crippen LogP contribution in [0.25, 0.3) is 22.2 Å². The van der Waals surface area contributed by atoms with E-state index in [9.17, 15) is 0 Å². The fourth-order valence-corrected chi connectivity index (χ4v) is 2.81. The fraction of sp³-hybridized carbons (Fsp3) is 0.118. The third-order valence-electron chi connectivity index (χ3n) is 3.57. The zero-order valence-electron chi connectivity index (χ0n) is 11.6. The third-order valence-corrected chi connectivity index (χ3v) is 3.57. The van der Waals surface area contributed by atoms with Gasteiger partial charge in [0.05, 0.1) is 5.69 Å². The molecule has 0 aliphatic rings. The summed E-state index contributed by atoms with van der Waals surface area (Å²) >= 11 is 0. The van der Waals surface area contributed by atoms with Gasteiger partial charge in [0.2, 0.25) is 0 Å². The van der Waals surface area contributed by atoms with Crippen LogP contribution in [0.15, 0.2) is 42.5 Å². The van der Waals surface area contributed by atoms with Crippen molar-refractivity contribution in [1.82, 2.24) is 4.98 Å². The molecule has 0 spiro atoms. The van der Waals surface area contributed by atoms with Gasteiger partial charge in [-0.25, -0.2) is 0 Å². The maximum atomic E-state index is 7.93. The van der Waals surface area contributed by atoms with Gasteiger partial charge in [-0.2, -0.15) is 0 Å². The van der Waals surface area contributed by atoms with Gasteiger partial charge in [-0.1, -0.05) is 36.4 Å². The van der Waals surface area contributed by atoms with Crippen molar-refractivity contribution >= 4 is 16.7 Å².